The van der Waals surface area contributed by atoms with E-state index < -0.39 is 5.91 Å². The van der Waals surface area contributed by atoms with Gasteiger partial charge < -0.3 is 15.2 Å². The number of nitrogens with zero attached hydrogens (tertiary/aromatic N) is 3. The lowest BCUT2D eigenvalue weighted by Gasteiger charge is -2.01. The summed E-state index contributed by atoms with van der Waals surface area (Å²) in [5.41, 5.74) is 0.421. The first-order valence-electron chi connectivity index (χ1n) is 6.14. The van der Waals surface area contributed by atoms with Crippen molar-refractivity contribution in [3.05, 3.63) is 28.7 Å². The average Bonchev–Trinajstić information content (AvgIpc) is 3.19. The van der Waals surface area contributed by atoms with Crippen molar-refractivity contribution in [3.8, 4) is 6.07 Å². The van der Waals surface area contributed by atoms with E-state index in [0.717, 1.165) is 19.4 Å². The fourth-order valence-corrected chi connectivity index (χ4v) is 2.75. The van der Waals surface area contributed by atoms with Crippen molar-refractivity contribution in [1.29, 1.82) is 5.26 Å². The molecule has 20 heavy (non-hydrogen) atoms. The van der Waals surface area contributed by atoms with Crippen LogP contribution in [0, 0.1) is 11.3 Å². The summed E-state index contributed by atoms with van der Waals surface area (Å²) in [4.78, 5) is 16.1. The molecule has 3 rings (SSSR count). The van der Waals surface area contributed by atoms with E-state index in [1.54, 1.807) is 11.4 Å². The molecule has 7 nitrogen and oxygen atoms in total. The maximum Gasteiger partial charge on any atom is 0.297 e. The maximum atomic E-state index is 12.0. The fraction of sp³-hybridized carbons (Fsp3) is 0.333. The molecule has 1 fully saturated rings. The second kappa shape index (κ2) is 5.40. The third kappa shape index (κ3) is 2.41. The molecule has 0 aromatic carbocycles. The average molecular weight is 289 g/mol. The van der Waals surface area contributed by atoms with Gasteiger partial charge in [0.25, 0.3) is 11.7 Å². The van der Waals surface area contributed by atoms with Crippen molar-refractivity contribution in [2.75, 3.05) is 11.9 Å². The first-order valence-corrected chi connectivity index (χ1v) is 7.02. The first-order chi connectivity index (χ1) is 9.78. The van der Waals surface area contributed by atoms with Gasteiger partial charge in [-0.25, -0.2) is 0 Å². The number of carbonyl (C=O) groups is 1. The largest absolute Gasteiger partial charge is 0.337 e. The number of thiophene rings is 1. The van der Waals surface area contributed by atoms with Gasteiger partial charge in [0, 0.05) is 0 Å². The summed E-state index contributed by atoms with van der Waals surface area (Å²) >= 11 is 1.28. The standard InChI is InChI=1S/C12H11N5O2S/c13-6-7-3-5-20-12(7)16-10(18)9-15-11(19-17-9)8-2-1-4-14-8/h3,5,8,14H,1-2,4H2,(H,16,18). The van der Waals surface area contributed by atoms with Crippen molar-refractivity contribution in [2.45, 2.75) is 18.9 Å². The van der Waals surface area contributed by atoms with Crippen LogP contribution in [0.5, 0.6) is 0 Å². The van der Waals surface area contributed by atoms with Crippen LogP contribution in [0.1, 0.15) is 41.0 Å². The Morgan fingerprint density at radius 3 is 3.30 bits per heavy atom. The number of aromatic nitrogens is 2. The highest BCUT2D eigenvalue weighted by Gasteiger charge is 2.24. The smallest absolute Gasteiger partial charge is 0.297 e. The number of nitriles is 1. The van der Waals surface area contributed by atoms with E-state index in [-0.39, 0.29) is 11.9 Å². The Hall–Kier alpha value is -2.24. The SMILES string of the molecule is N#Cc1ccsc1NC(=O)c1noc(C2CCCN2)n1. The molecule has 0 radical (unpaired) electrons. The number of hydrogen-bond acceptors (Lipinski definition) is 7. The Kier molecular flexibility index (Phi) is 3.45. The van der Waals surface area contributed by atoms with Crippen LogP contribution in [0.2, 0.25) is 0 Å². The van der Waals surface area contributed by atoms with Crippen molar-refractivity contribution in [2.24, 2.45) is 0 Å². The predicted octanol–water partition coefficient (Wildman–Crippen LogP) is 1.68. The molecule has 1 atom stereocenters. The normalized spacial score (nSPS) is 17.9. The van der Waals surface area contributed by atoms with E-state index >= 15 is 0 Å². The van der Waals surface area contributed by atoms with Gasteiger partial charge in [-0.2, -0.15) is 10.2 Å². The van der Waals surface area contributed by atoms with Gasteiger partial charge in [0.05, 0.1) is 11.6 Å². The van der Waals surface area contributed by atoms with Crippen molar-refractivity contribution in [3.63, 3.8) is 0 Å². The molecule has 1 aliphatic rings. The lowest BCUT2D eigenvalue weighted by atomic mass is 10.2. The van der Waals surface area contributed by atoms with Gasteiger partial charge in [-0.1, -0.05) is 5.16 Å². The van der Waals surface area contributed by atoms with Gasteiger partial charge in [0.2, 0.25) is 5.89 Å². The quantitative estimate of drug-likeness (QED) is 0.891. The Labute approximate surface area is 118 Å². The zero-order valence-corrected chi connectivity index (χ0v) is 11.2. The molecule has 1 aliphatic heterocycles. The fourth-order valence-electron chi connectivity index (χ4n) is 2.02. The maximum absolute atomic E-state index is 12.0. The van der Waals surface area contributed by atoms with Crippen LogP contribution in [0.3, 0.4) is 0 Å². The third-order valence-corrected chi connectivity index (χ3v) is 3.85. The summed E-state index contributed by atoms with van der Waals surface area (Å²) < 4.78 is 5.10. The molecule has 1 unspecified atom stereocenters. The summed E-state index contributed by atoms with van der Waals surface area (Å²) in [7, 11) is 0. The van der Waals surface area contributed by atoms with Crippen LogP contribution in [0.4, 0.5) is 5.00 Å². The molecule has 0 saturated carbocycles. The molecule has 0 spiro atoms. The zero-order valence-electron chi connectivity index (χ0n) is 10.4. The monoisotopic (exact) mass is 289 g/mol. The molecule has 102 valence electrons. The van der Waals surface area contributed by atoms with E-state index in [9.17, 15) is 4.79 Å². The summed E-state index contributed by atoms with van der Waals surface area (Å²) in [6.45, 7) is 0.912. The zero-order chi connectivity index (χ0) is 13.9. The van der Waals surface area contributed by atoms with E-state index in [4.69, 9.17) is 9.78 Å². The van der Waals surface area contributed by atoms with Gasteiger partial charge in [-0.15, -0.1) is 11.3 Å². The van der Waals surface area contributed by atoms with E-state index in [1.165, 1.54) is 11.3 Å². The van der Waals surface area contributed by atoms with Crippen LogP contribution >= 0.6 is 11.3 Å². The first kappa shape index (κ1) is 12.8. The van der Waals surface area contributed by atoms with E-state index in [1.807, 2.05) is 6.07 Å². The highest BCUT2D eigenvalue weighted by molar-refractivity contribution is 7.14. The number of nitrogens with one attached hydrogen (secondary N) is 2. The lowest BCUT2D eigenvalue weighted by molar-refractivity contribution is 0.101. The van der Waals surface area contributed by atoms with Gasteiger partial charge in [0.1, 0.15) is 11.1 Å². The third-order valence-electron chi connectivity index (χ3n) is 3.02. The molecule has 2 N–H and O–H groups in total. The Bertz CT molecular complexity index is 665. The van der Waals surface area contributed by atoms with Gasteiger partial charge in [0.15, 0.2) is 0 Å². The van der Waals surface area contributed by atoms with E-state index in [2.05, 4.69) is 20.8 Å². The predicted molar refractivity (Wildman–Crippen MR) is 71.3 cm³/mol. The topological polar surface area (TPSA) is 104 Å². The molecule has 0 aliphatic carbocycles. The van der Waals surface area contributed by atoms with Crippen molar-refractivity contribution >= 4 is 22.2 Å². The van der Waals surface area contributed by atoms with Gasteiger partial charge in [-0.3, -0.25) is 4.79 Å². The van der Waals surface area contributed by atoms with Gasteiger partial charge in [-0.05, 0) is 30.8 Å². The minimum Gasteiger partial charge on any atom is -0.337 e. The molecule has 2 aromatic rings. The molecule has 1 saturated heterocycles. The molecule has 8 heteroatoms. The molecule has 1 amide bonds. The minimum atomic E-state index is -0.475. The number of carbonyl (C=O) groups excluding carboxylic acids is 1. The molecular weight excluding hydrogens is 278 g/mol. The Balaban J connectivity index is 1.73. The highest BCUT2D eigenvalue weighted by atomic mass is 32.1. The van der Waals surface area contributed by atoms with Crippen LogP contribution in [0.15, 0.2) is 16.0 Å². The number of anilines is 1. The second-order valence-corrected chi connectivity index (χ2v) is 5.25. The van der Waals surface area contributed by atoms with Crippen LogP contribution < -0.4 is 10.6 Å². The van der Waals surface area contributed by atoms with Gasteiger partial charge >= 0.3 is 0 Å². The Morgan fingerprint density at radius 2 is 2.55 bits per heavy atom. The lowest BCUT2D eigenvalue weighted by Crippen LogP contribution is -2.15. The molecule has 3 heterocycles. The van der Waals surface area contributed by atoms with Crippen LogP contribution in [-0.4, -0.2) is 22.6 Å². The minimum absolute atomic E-state index is 0.0222. The van der Waals surface area contributed by atoms with Crippen LogP contribution in [0.25, 0.3) is 0 Å². The summed E-state index contributed by atoms with van der Waals surface area (Å²) in [6, 6.07) is 3.68. The summed E-state index contributed by atoms with van der Waals surface area (Å²) in [5.74, 6) is -0.0673. The van der Waals surface area contributed by atoms with Crippen LogP contribution in [-0.2, 0) is 0 Å². The molecule has 2 aromatic heterocycles. The molecule has 0 bridgehead atoms. The van der Waals surface area contributed by atoms with E-state index in [0.29, 0.717) is 16.5 Å². The van der Waals surface area contributed by atoms with Crippen molar-refractivity contribution < 1.29 is 9.32 Å². The summed E-state index contributed by atoms with van der Waals surface area (Å²) in [6.07, 6.45) is 1.97. The van der Waals surface area contributed by atoms with Crippen molar-refractivity contribution in [1.82, 2.24) is 15.5 Å². The Morgan fingerprint density at radius 1 is 1.65 bits per heavy atom. The number of hydrogen-bond donors (Lipinski definition) is 2. The second-order valence-electron chi connectivity index (χ2n) is 4.33. The number of rotatable bonds is 3. The summed E-state index contributed by atoms with van der Waals surface area (Å²) in [5, 5.41) is 20.6. The highest BCUT2D eigenvalue weighted by Crippen LogP contribution is 2.24. The number of amides is 1. The molecular formula is C12H11N5O2S.